The summed E-state index contributed by atoms with van der Waals surface area (Å²) < 4.78 is 28.4. The summed E-state index contributed by atoms with van der Waals surface area (Å²) in [7, 11) is -3.52. The summed E-state index contributed by atoms with van der Waals surface area (Å²) >= 11 is 4.56. The number of rotatable bonds is 3. The van der Waals surface area contributed by atoms with E-state index in [0.29, 0.717) is 9.90 Å². The molecule has 0 amide bonds. The Morgan fingerprint density at radius 2 is 1.79 bits per heavy atom. The van der Waals surface area contributed by atoms with Gasteiger partial charge in [-0.2, -0.15) is 0 Å². The first-order valence-electron chi connectivity index (χ1n) is 5.65. The van der Waals surface area contributed by atoms with Gasteiger partial charge in [-0.05, 0) is 65.5 Å². The largest absolute Gasteiger partial charge is 0.279 e. The van der Waals surface area contributed by atoms with Crippen molar-refractivity contribution in [3.8, 4) is 0 Å². The van der Waals surface area contributed by atoms with Crippen LogP contribution in [-0.2, 0) is 10.0 Å². The summed E-state index contributed by atoms with van der Waals surface area (Å²) in [5.41, 5.74) is 3.47. The first-order valence-corrected chi connectivity index (χ1v) is 8.75. The molecule has 1 aromatic heterocycles. The Labute approximate surface area is 125 Å². The number of hydrogen-bond donors (Lipinski definition) is 1. The van der Waals surface area contributed by atoms with Gasteiger partial charge in [0.25, 0.3) is 10.0 Å². The number of thiophene rings is 1. The van der Waals surface area contributed by atoms with E-state index in [1.54, 1.807) is 6.07 Å². The van der Waals surface area contributed by atoms with E-state index >= 15 is 0 Å². The normalized spacial score (nSPS) is 11.6. The van der Waals surface area contributed by atoms with E-state index in [2.05, 4.69) is 20.7 Å². The predicted octanol–water partition coefficient (Wildman–Crippen LogP) is 4.24. The van der Waals surface area contributed by atoms with E-state index < -0.39 is 10.0 Å². The lowest BCUT2D eigenvalue weighted by molar-refractivity contribution is 0.603. The maximum absolute atomic E-state index is 12.3. The zero-order valence-corrected chi connectivity index (χ0v) is 14.0. The van der Waals surface area contributed by atoms with Crippen LogP contribution in [0, 0.1) is 20.8 Å². The minimum absolute atomic E-state index is 0.317. The smallest absolute Gasteiger partial charge is 0.271 e. The molecule has 3 nitrogen and oxygen atoms in total. The van der Waals surface area contributed by atoms with Crippen LogP contribution in [0.1, 0.15) is 16.7 Å². The third-order valence-electron chi connectivity index (χ3n) is 2.74. The molecule has 0 aliphatic carbocycles. The Bertz CT molecular complexity index is 701. The monoisotopic (exact) mass is 359 g/mol. The van der Waals surface area contributed by atoms with Gasteiger partial charge >= 0.3 is 0 Å². The van der Waals surface area contributed by atoms with Crippen molar-refractivity contribution in [3.63, 3.8) is 0 Å². The number of hydrogen-bond acceptors (Lipinski definition) is 3. The average Bonchev–Trinajstić information content (AvgIpc) is 2.65. The van der Waals surface area contributed by atoms with E-state index in [1.807, 2.05) is 39.0 Å². The lowest BCUT2D eigenvalue weighted by Crippen LogP contribution is -2.12. The van der Waals surface area contributed by atoms with Gasteiger partial charge in [-0.3, -0.25) is 4.72 Å². The van der Waals surface area contributed by atoms with Gasteiger partial charge in [-0.1, -0.05) is 12.1 Å². The van der Waals surface area contributed by atoms with Gasteiger partial charge in [0.15, 0.2) is 0 Å². The van der Waals surface area contributed by atoms with Gasteiger partial charge in [0.1, 0.15) is 4.21 Å². The molecule has 1 aromatic carbocycles. The molecular formula is C13H14BrNO2S2. The van der Waals surface area contributed by atoms with E-state index in [-0.39, 0.29) is 0 Å². The number of sulfonamides is 1. The van der Waals surface area contributed by atoms with Crippen molar-refractivity contribution in [1.82, 2.24) is 0 Å². The first-order chi connectivity index (χ1) is 8.79. The molecule has 0 saturated heterocycles. The van der Waals surface area contributed by atoms with Crippen molar-refractivity contribution in [2.24, 2.45) is 0 Å². The molecule has 19 heavy (non-hydrogen) atoms. The third-order valence-corrected chi connectivity index (χ3v) is 6.71. The molecule has 1 N–H and O–H groups in total. The summed E-state index contributed by atoms with van der Waals surface area (Å²) in [5, 5.41) is 0. The van der Waals surface area contributed by atoms with Crippen LogP contribution < -0.4 is 4.72 Å². The lowest BCUT2D eigenvalue weighted by Gasteiger charge is -2.10. The molecule has 1 heterocycles. The Morgan fingerprint density at radius 1 is 1.11 bits per heavy atom. The summed E-state index contributed by atoms with van der Waals surface area (Å²) in [6.45, 7) is 5.69. The average molecular weight is 360 g/mol. The lowest BCUT2D eigenvalue weighted by atomic mass is 10.1. The van der Waals surface area contributed by atoms with Gasteiger partial charge in [0, 0.05) is 0 Å². The standard InChI is InChI=1S/C13H14BrNO2S2/c1-8-4-5-9(2)11(6-8)15-19(16,17)12-7-10(3)13(14)18-12/h4-7,15H,1-3H3. The van der Waals surface area contributed by atoms with Crippen LogP contribution in [0.3, 0.4) is 0 Å². The fraction of sp³-hybridized carbons (Fsp3) is 0.231. The molecule has 102 valence electrons. The summed E-state index contributed by atoms with van der Waals surface area (Å²) in [4.78, 5) is 0. The molecule has 0 aliphatic heterocycles. The molecule has 0 radical (unpaired) electrons. The molecule has 0 atom stereocenters. The van der Waals surface area contributed by atoms with E-state index in [9.17, 15) is 8.42 Å². The van der Waals surface area contributed by atoms with Crippen molar-refractivity contribution in [3.05, 3.63) is 44.7 Å². The molecular weight excluding hydrogens is 346 g/mol. The molecule has 0 saturated carbocycles. The highest BCUT2D eigenvalue weighted by Crippen LogP contribution is 2.32. The van der Waals surface area contributed by atoms with Crippen LogP contribution in [0.15, 0.2) is 32.3 Å². The second-order valence-electron chi connectivity index (χ2n) is 4.45. The number of aryl methyl sites for hydroxylation is 3. The van der Waals surface area contributed by atoms with Crippen LogP contribution >= 0.6 is 27.3 Å². The van der Waals surface area contributed by atoms with Crippen LogP contribution in [0.25, 0.3) is 0 Å². The maximum Gasteiger partial charge on any atom is 0.271 e. The van der Waals surface area contributed by atoms with Gasteiger partial charge in [-0.25, -0.2) is 8.42 Å². The summed E-state index contributed by atoms with van der Waals surface area (Å²) in [6.07, 6.45) is 0. The van der Waals surface area contributed by atoms with Crippen molar-refractivity contribution in [2.75, 3.05) is 4.72 Å². The minimum Gasteiger partial charge on any atom is -0.279 e. The van der Waals surface area contributed by atoms with Crippen molar-refractivity contribution >= 4 is 43.0 Å². The molecule has 0 bridgehead atoms. The van der Waals surface area contributed by atoms with Gasteiger partial charge < -0.3 is 0 Å². The Kier molecular flexibility index (Phi) is 4.03. The van der Waals surface area contributed by atoms with Gasteiger partial charge in [0.2, 0.25) is 0 Å². The second kappa shape index (κ2) is 5.26. The Balaban J connectivity index is 2.39. The second-order valence-corrected chi connectivity index (χ2v) is 8.73. The van der Waals surface area contributed by atoms with Crippen molar-refractivity contribution < 1.29 is 8.42 Å². The highest BCUT2D eigenvalue weighted by atomic mass is 79.9. The van der Waals surface area contributed by atoms with E-state index in [1.165, 1.54) is 11.3 Å². The van der Waals surface area contributed by atoms with Crippen molar-refractivity contribution in [2.45, 2.75) is 25.0 Å². The molecule has 0 aliphatic rings. The SMILES string of the molecule is Cc1ccc(C)c(NS(=O)(=O)c2cc(C)c(Br)s2)c1. The van der Waals surface area contributed by atoms with E-state index in [4.69, 9.17) is 0 Å². The number of nitrogens with one attached hydrogen (secondary N) is 1. The zero-order valence-electron chi connectivity index (χ0n) is 10.8. The topological polar surface area (TPSA) is 46.2 Å². The predicted molar refractivity (Wildman–Crippen MR) is 83.5 cm³/mol. The molecule has 0 spiro atoms. The molecule has 0 fully saturated rings. The van der Waals surface area contributed by atoms with Gasteiger partial charge in [0.05, 0.1) is 9.47 Å². The van der Waals surface area contributed by atoms with Crippen LogP contribution in [-0.4, -0.2) is 8.42 Å². The van der Waals surface area contributed by atoms with Crippen LogP contribution in [0.2, 0.25) is 0 Å². The van der Waals surface area contributed by atoms with E-state index in [0.717, 1.165) is 20.5 Å². The highest BCUT2D eigenvalue weighted by Gasteiger charge is 2.19. The number of anilines is 1. The Hall–Kier alpha value is -0.850. The number of halogens is 1. The molecule has 0 unspecified atom stereocenters. The fourth-order valence-corrected chi connectivity index (χ4v) is 4.95. The maximum atomic E-state index is 12.3. The Morgan fingerprint density at radius 3 is 2.37 bits per heavy atom. The fourth-order valence-electron chi connectivity index (χ4n) is 1.61. The highest BCUT2D eigenvalue weighted by molar-refractivity contribution is 9.11. The molecule has 2 aromatic rings. The minimum atomic E-state index is -3.52. The van der Waals surface area contributed by atoms with Crippen molar-refractivity contribution in [1.29, 1.82) is 0 Å². The molecule has 6 heteroatoms. The number of benzene rings is 1. The quantitative estimate of drug-likeness (QED) is 0.890. The summed E-state index contributed by atoms with van der Waals surface area (Å²) in [5.74, 6) is 0. The zero-order chi connectivity index (χ0) is 14.2. The van der Waals surface area contributed by atoms with Crippen LogP contribution in [0.4, 0.5) is 5.69 Å². The van der Waals surface area contributed by atoms with Gasteiger partial charge in [-0.15, -0.1) is 11.3 Å². The first kappa shape index (κ1) is 14.6. The summed E-state index contributed by atoms with van der Waals surface area (Å²) in [6, 6.07) is 7.37. The third kappa shape index (κ3) is 3.19. The molecule has 2 rings (SSSR count). The van der Waals surface area contributed by atoms with Crippen LogP contribution in [0.5, 0.6) is 0 Å².